The van der Waals surface area contributed by atoms with Gasteiger partial charge in [0, 0.05) is 70.5 Å². The quantitative estimate of drug-likeness (QED) is 0.140. The Morgan fingerprint density at radius 1 is 0.552 bits per heavy atom. The van der Waals surface area contributed by atoms with Crippen LogP contribution in [0.25, 0.3) is 21.5 Å². The van der Waals surface area contributed by atoms with Gasteiger partial charge in [0.25, 0.3) is 22.2 Å². The van der Waals surface area contributed by atoms with Gasteiger partial charge in [-0.15, -0.1) is 0 Å². The van der Waals surface area contributed by atoms with Crippen molar-refractivity contribution in [2.75, 3.05) is 11.5 Å². The summed E-state index contributed by atoms with van der Waals surface area (Å²) in [5, 5.41) is 9.96. The van der Waals surface area contributed by atoms with Gasteiger partial charge < -0.3 is 16.9 Å². The van der Waals surface area contributed by atoms with Crippen LogP contribution in [0, 0.1) is 0 Å². The fourth-order valence-corrected chi connectivity index (χ4v) is 2.51. The Hall–Kier alpha value is -2.12. The predicted octanol–water partition coefficient (Wildman–Crippen LogP) is -1.99. The number of H-pyrrole nitrogens is 4. The van der Waals surface area contributed by atoms with Gasteiger partial charge >= 0.3 is 0 Å². The minimum atomic E-state index is -0.382. The minimum absolute atomic E-state index is 0. The SMILES string of the molecule is Nc1cccc2c(=O)[nH][nH]c(=O)c12.Nc1cccc2c(=O)[nH][nH]c(=O)c12.O.[Na].[Na]. The second-order valence-electron chi connectivity index (χ2n) is 5.36. The van der Waals surface area contributed by atoms with Crippen molar-refractivity contribution in [3.8, 4) is 0 Å². The number of nitrogens with one attached hydrogen (secondary N) is 4. The monoisotopic (exact) mass is 418 g/mol. The zero-order valence-corrected chi connectivity index (χ0v) is 19.8. The molecule has 0 amide bonds. The number of hydrogen-bond donors (Lipinski definition) is 6. The van der Waals surface area contributed by atoms with Crippen LogP contribution in [0.2, 0.25) is 0 Å². The van der Waals surface area contributed by atoms with Gasteiger partial charge in [0.05, 0.1) is 21.5 Å². The Balaban J connectivity index is 0.000000490. The molecule has 2 radical (unpaired) electrons. The molecule has 142 valence electrons. The maximum atomic E-state index is 11.2. The van der Waals surface area contributed by atoms with Crippen molar-refractivity contribution in [1.29, 1.82) is 0 Å². The van der Waals surface area contributed by atoms with Crippen LogP contribution in [0.5, 0.6) is 0 Å². The molecule has 10 N–H and O–H groups in total. The Morgan fingerprint density at radius 2 is 0.862 bits per heavy atom. The molecule has 0 atom stereocenters. The normalized spacial score (nSPS) is 9.38. The third-order valence-corrected chi connectivity index (χ3v) is 3.72. The van der Waals surface area contributed by atoms with Crippen molar-refractivity contribution in [1.82, 2.24) is 20.4 Å². The van der Waals surface area contributed by atoms with Crippen molar-refractivity contribution in [2.45, 2.75) is 0 Å². The first-order valence-corrected chi connectivity index (χ1v) is 7.38. The molecule has 11 nitrogen and oxygen atoms in total. The van der Waals surface area contributed by atoms with E-state index in [4.69, 9.17) is 11.5 Å². The molecular weight excluding hydrogens is 402 g/mol. The molecule has 29 heavy (non-hydrogen) atoms. The molecule has 0 saturated heterocycles. The first-order valence-electron chi connectivity index (χ1n) is 7.38. The molecular formula is C16H16N6Na2O5. The third kappa shape index (κ3) is 5.48. The van der Waals surface area contributed by atoms with Gasteiger partial charge in [-0.25, -0.2) is 0 Å². The molecule has 2 heterocycles. The van der Waals surface area contributed by atoms with E-state index in [9.17, 15) is 19.2 Å². The van der Waals surface area contributed by atoms with E-state index in [1.165, 1.54) is 0 Å². The average Bonchev–Trinajstić information content (AvgIpc) is 2.62. The van der Waals surface area contributed by atoms with Crippen LogP contribution in [0.4, 0.5) is 11.4 Å². The van der Waals surface area contributed by atoms with Gasteiger partial charge in [0.2, 0.25) is 0 Å². The first kappa shape index (κ1) is 26.9. The van der Waals surface area contributed by atoms with E-state index in [-0.39, 0.29) is 97.6 Å². The number of rotatable bonds is 0. The summed E-state index contributed by atoms with van der Waals surface area (Å²) in [5.41, 5.74) is 10.3. The number of aromatic amines is 4. The van der Waals surface area contributed by atoms with Gasteiger partial charge in [-0.05, 0) is 24.3 Å². The van der Waals surface area contributed by atoms with E-state index in [0.717, 1.165) is 0 Å². The molecule has 0 aliphatic carbocycles. The number of nitrogens with two attached hydrogens (primary N) is 2. The summed E-state index contributed by atoms with van der Waals surface area (Å²) in [6, 6.07) is 9.53. The molecule has 0 spiro atoms. The van der Waals surface area contributed by atoms with Crippen LogP contribution < -0.4 is 33.7 Å². The van der Waals surface area contributed by atoms with Crippen LogP contribution in [-0.4, -0.2) is 85.0 Å². The van der Waals surface area contributed by atoms with Gasteiger partial charge in [-0.2, -0.15) is 0 Å². The second kappa shape index (κ2) is 11.2. The fraction of sp³-hybridized carbons (Fsp3) is 0. The number of nitrogen functional groups attached to an aromatic ring is 2. The van der Waals surface area contributed by atoms with E-state index in [1.807, 2.05) is 0 Å². The molecule has 4 aromatic rings. The topological polar surface area (TPSA) is 215 Å². The van der Waals surface area contributed by atoms with Crippen molar-refractivity contribution >= 4 is 92.0 Å². The molecule has 0 unspecified atom stereocenters. The van der Waals surface area contributed by atoms with Crippen molar-refractivity contribution < 1.29 is 5.48 Å². The summed E-state index contributed by atoms with van der Waals surface area (Å²) in [7, 11) is 0. The van der Waals surface area contributed by atoms with E-state index in [2.05, 4.69) is 20.4 Å². The molecule has 2 aromatic heterocycles. The summed E-state index contributed by atoms with van der Waals surface area (Å²) in [4.78, 5) is 44.9. The Labute approximate surface area is 205 Å². The molecule has 0 saturated carbocycles. The number of aromatic nitrogens is 4. The van der Waals surface area contributed by atoms with Crippen LogP contribution in [-0.2, 0) is 0 Å². The molecule has 0 aliphatic rings. The van der Waals surface area contributed by atoms with Gasteiger partial charge in [-0.3, -0.25) is 39.6 Å². The first-order chi connectivity index (χ1) is 12.4. The van der Waals surface area contributed by atoms with Crippen molar-refractivity contribution in [2.24, 2.45) is 0 Å². The molecule has 0 bridgehead atoms. The molecule has 4 rings (SSSR count). The van der Waals surface area contributed by atoms with Crippen LogP contribution >= 0.6 is 0 Å². The summed E-state index contributed by atoms with van der Waals surface area (Å²) in [6.07, 6.45) is 0. The summed E-state index contributed by atoms with van der Waals surface area (Å²) >= 11 is 0. The number of fused-ring (bicyclic) bond motifs is 2. The Morgan fingerprint density at radius 3 is 1.17 bits per heavy atom. The summed E-state index contributed by atoms with van der Waals surface area (Å²) in [5.74, 6) is 0. The number of anilines is 2. The average molecular weight is 418 g/mol. The summed E-state index contributed by atoms with van der Waals surface area (Å²) in [6.45, 7) is 0. The zero-order chi connectivity index (χ0) is 18.8. The van der Waals surface area contributed by atoms with Gasteiger partial charge in [0.1, 0.15) is 0 Å². The zero-order valence-electron chi connectivity index (χ0n) is 15.8. The van der Waals surface area contributed by atoms with E-state index in [1.54, 1.807) is 36.4 Å². The number of benzene rings is 2. The second-order valence-corrected chi connectivity index (χ2v) is 5.36. The predicted molar refractivity (Wildman–Crippen MR) is 114 cm³/mol. The minimum Gasteiger partial charge on any atom is -0.412 e. The van der Waals surface area contributed by atoms with Crippen LogP contribution in [0.3, 0.4) is 0 Å². The molecule has 0 aliphatic heterocycles. The smallest absolute Gasteiger partial charge is 0.272 e. The van der Waals surface area contributed by atoms with E-state index >= 15 is 0 Å². The van der Waals surface area contributed by atoms with Crippen molar-refractivity contribution in [3.05, 3.63) is 77.8 Å². The van der Waals surface area contributed by atoms with Crippen LogP contribution in [0.1, 0.15) is 0 Å². The Kier molecular flexibility index (Phi) is 10.3. The van der Waals surface area contributed by atoms with E-state index < -0.39 is 0 Å². The van der Waals surface area contributed by atoms with Crippen molar-refractivity contribution in [3.63, 3.8) is 0 Å². The van der Waals surface area contributed by atoms with E-state index in [0.29, 0.717) is 22.1 Å². The van der Waals surface area contributed by atoms with Gasteiger partial charge in [0.15, 0.2) is 0 Å². The standard InChI is InChI=1S/2C8H7N3O2.2Na.H2O/c2*9-5-3-1-2-4-6(5)8(13)11-10-7(4)12;;;/h2*1-3H,9H2,(H,10,12)(H,11,13);;;1H2. The largest absolute Gasteiger partial charge is 0.412 e. The molecule has 0 fully saturated rings. The maximum Gasteiger partial charge on any atom is 0.272 e. The molecule has 13 heteroatoms. The third-order valence-electron chi connectivity index (χ3n) is 3.72. The van der Waals surface area contributed by atoms with Gasteiger partial charge in [-0.1, -0.05) is 12.1 Å². The molecule has 2 aromatic carbocycles. The summed E-state index contributed by atoms with van der Waals surface area (Å²) < 4.78 is 0. The Bertz CT molecular complexity index is 1250. The number of hydrogen-bond acceptors (Lipinski definition) is 6. The fourth-order valence-electron chi connectivity index (χ4n) is 2.51. The maximum absolute atomic E-state index is 11.2. The van der Waals surface area contributed by atoms with Crippen LogP contribution in [0.15, 0.2) is 55.6 Å².